The van der Waals surface area contributed by atoms with Crippen LogP contribution < -0.4 is 5.73 Å². The lowest BCUT2D eigenvalue weighted by atomic mass is 10.0. The first kappa shape index (κ1) is 12.5. The van der Waals surface area contributed by atoms with Gasteiger partial charge in [0.15, 0.2) is 0 Å². The Kier molecular flexibility index (Phi) is 4.07. The highest BCUT2D eigenvalue weighted by atomic mass is 16.5. The molecular formula is C13H21N3O. The maximum atomic E-state index is 5.70. The van der Waals surface area contributed by atoms with Crippen LogP contribution in [0.2, 0.25) is 0 Å². The lowest BCUT2D eigenvalue weighted by molar-refractivity contribution is 0.185. The third-order valence-electron chi connectivity index (χ3n) is 3.21. The summed E-state index contributed by atoms with van der Waals surface area (Å²) < 4.78 is 5.38. The summed E-state index contributed by atoms with van der Waals surface area (Å²) >= 11 is 0. The third kappa shape index (κ3) is 3.01. The Hall–Kier alpha value is -1.00. The zero-order chi connectivity index (χ0) is 12.3. The molecule has 2 heterocycles. The lowest BCUT2D eigenvalue weighted by Crippen LogP contribution is -2.12. The molecular weight excluding hydrogens is 214 g/mol. The molecule has 2 N–H and O–H groups in total. The van der Waals surface area contributed by atoms with Gasteiger partial charge in [0.1, 0.15) is 5.82 Å². The first-order valence-electron chi connectivity index (χ1n) is 6.33. The Morgan fingerprint density at radius 1 is 1.53 bits per heavy atom. The molecule has 1 unspecified atom stereocenters. The van der Waals surface area contributed by atoms with Crippen LogP contribution in [0.1, 0.15) is 43.3 Å². The van der Waals surface area contributed by atoms with Gasteiger partial charge in [0.05, 0.1) is 5.69 Å². The Labute approximate surface area is 103 Å². The predicted octanol–water partition coefficient (Wildman–Crippen LogP) is 1.64. The van der Waals surface area contributed by atoms with E-state index in [1.54, 1.807) is 0 Å². The molecule has 0 aliphatic carbocycles. The Morgan fingerprint density at radius 3 is 2.94 bits per heavy atom. The largest absolute Gasteiger partial charge is 0.381 e. The monoisotopic (exact) mass is 235 g/mol. The van der Waals surface area contributed by atoms with Crippen LogP contribution in [0.25, 0.3) is 0 Å². The van der Waals surface area contributed by atoms with Gasteiger partial charge in [0, 0.05) is 37.9 Å². The van der Waals surface area contributed by atoms with E-state index in [0.29, 0.717) is 18.4 Å². The van der Waals surface area contributed by atoms with E-state index in [0.717, 1.165) is 43.1 Å². The molecule has 1 aromatic heterocycles. The van der Waals surface area contributed by atoms with E-state index in [1.165, 1.54) is 0 Å². The van der Waals surface area contributed by atoms with Crippen molar-refractivity contribution in [2.24, 2.45) is 11.7 Å². The van der Waals surface area contributed by atoms with Crippen LogP contribution in [-0.4, -0.2) is 23.2 Å². The highest BCUT2D eigenvalue weighted by Gasteiger charge is 2.18. The van der Waals surface area contributed by atoms with Crippen molar-refractivity contribution in [1.29, 1.82) is 0 Å². The minimum absolute atomic E-state index is 0.398. The van der Waals surface area contributed by atoms with E-state index < -0.39 is 0 Å². The van der Waals surface area contributed by atoms with Crippen molar-refractivity contribution in [3.63, 3.8) is 0 Å². The van der Waals surface area contributed by atoms with Gasteiger partial charge in [-0.2, -0.15) is 0 Å². The standard InChI is InChI=1S/C13H21N3O/c1-9(2)13-11(6-14)7-15-12(16-13)5-10-3-4-17-8-10/h7,9-10H,3-6,8,14H2,1-2H3. The molecule has 1 aliphatic rings. The van der Waals surface area contributed by atoms with Crippen LogP contribution in [-0.2, 0) is 17.7 Å². The molecule has 1 aromatic rings. The van der Waals surface area contributed by atoms with E-state index in [4.69, 9.17) is 10.5 Å². The number of hydrogen-bond donors (Lipinski definition) is 1. The second-order valence-corrected chi connectivity index (χ2v) is 4.99. The van der Waals surface area contributed by atoms with Gasteiger partial charge in [0.2, 0.25) is 0 Å². The molecule has 4 heteroatoms. The van der Waals surface area contributed by atoms with Crippen LogP contribution in [0.4, 0.5) is 0 Å². The first-order chi connectivity index (χ1) is 8.20. The van der Waals surface area contributed by atoms with Gasteiger partial charge in [0.25, 0.3) is 0 Å². The summed E-state index contributed by atoms with van der Waals surface area (Å²) in [5.41, 5.74) is 7.86. The summed E-state index contributed by atoms with van der Waals surface area (Å²) in [6.45, 7) is 6.52. The van der Waals surface area contributed by atoms with Crippen LogP contribution >= 0.6 is 0 Å². The number of hydrogen-bond acceptors (Lipinski definition) is 4. The third-order valence-corrected chi connectivity index (χ3v) is 3.21. The second kappa shape index (κ2) is 5.56. The van der Waals surface area contributed by atoms with Gasteiger partial charge in [-0.1, -0.05) is 13.8 Å². The SMILES string of the molecule is CC(C)c1nc(CC2CCOC2)ncc1CN. The van der Waals surface area contributed by atoms with Crippen LogP contribution in [0.3, 0.4) is 0 Å². The second-order valence-electron chi connectivity index (χ2n) is 4.99. The van der Waals surface area contributed by atoms with E-state index in [9.17, 15) is 0 Å². The number of nitrogens with zero attached hydrogens (tertiary/aromatic N) is 2. The van der Waals surface area contributed by atoms with Crippen molar-refractivity contribution in [2.45, 2.75) is 39.2 Å². The molecule has 0 bridgehead atoms. The fraction of sp³-hybridized carbons (Fsp3) is 0.692. The van der Waals surface area contributed by atoms with Crippen molar-refractivity contribution < 1.29 is 4.74 Å². The zero-order valence-corrected chi connectivity index (χ0v) is 10.6. The number of rotatable bonds is 4. The Balaban J connectivity index is 2.14. The van der Waals surface area contributed by atoms with E-state index in [1.807, 2.05) is 6.20 Å². The average Bonchev–Trinajstić information content (AvgIpc) is 2.81. The lowest BCUT2D eigenvalue weighted by Gasteiger charge is -2.13. The van der Waals surface area contributed by atoms with E-state index in [2.05, 4.69) is 23.8 Å². The summed E-state index contributed by atoms with van der Waals surface area (Å²) in [5, 5.41) is 0. The Morgan fingerprint density at radius 2 is 2.35 bits per heavy atom. The smallest absolute Gasteiger partial charge is 0.128 e. The van der Waals surface area contributed by atoms with Crippen molar-refractivity contribution in [3.05, 3.63) is 23.3 Å². The molecule has 17 heavy (non-hydrogen) atoms. The highest BCUT2D eigenvalue weighted by molar-refractivity contribution is 5.20. The first-order valence-corrected chi connectivity index (χ1v) is 6.33. The molecule has 0 saturated carbocycles. The van der Waals surface area contributed by atoms with E-state index in [-0.39, 0.29) is 0 Å². The quantitative estimate of drug-likeness (QED) is 0.861. The molecule has 94 valence electrons. The number of aromatic nitrogens is 2. The summed E-state index contributed by atoms with van der Waals surface area (Å²) in [6, 6.07) is 0. The molecule has 1 aliphatic heterocycles. The summed E-state index contributed by atoms with van der Waals surface area (Å²) in [5.74, 6) is 1.91. The topological polar surface area (TPSA) is 61.0 Å². The summed E-state index contributed by atoms with van der Waals surface area (Å²) in [4.78, 5) is 9.07. The van der Waals surface area contributed by atoms with Gasteiger partial charge in [-0.25, -0.2) is 9.97 Å². The van der Waals surface area contributed by atoms with E-state index >= 15 is 0 Å². The minimum Gasteiger partial charge on any atom is -0.381 e. The van der Waals surface area contributed by atoms with Crippen molar-refractivity contribution >= 4 is 0 Å². The van der Waals surface area contributed by atoms with Gasteiger partial charge in [-0.3, -0.25) is 0 Å². The minimum atomic E-state index is 0.398. The van der Waals surface area contributed by atoms with Gasteiger partial charge >= 0.3 is 0 Å². The average molecular weight is 235 g/mol. The molecule has 2 rings (SSSR count). The summed E-state index contributed by atoms with van der Waals surface area (Å²) in [6.07, 6.45) is 3.93. The number of ether oxygens (including phenoxy) is 1. The zero-order valence-electron chi connectivity index (χ0n) is 10.6. The van der Waals surface area contributed by atoms with Crippen molar-refractivity contribution in [1.82, 2.24) is 9.97 Å². The summed E-state index contributed by atoms with van der Waals surface area (Å²) in [7, 11) is 0. The maximum absolute atomic E-state index is 5.70. The number of nitrogens with two attached hydrogens (primary N) is 1. The molecule has 0 amide bonds. The Bertz CT molecular complexity index is 373. The predicted molar refractivity (Wildman–Crippen MR) is 66.6 cm³/mol. The molecule has 0 spiro atoms. The van der Waals surface area contributed by atoms with Gasteiger partial charge in [-0.05, 0) is 18.3 Å². The van der Waals surface area contributed by atoms with Crippen molar-refractivity contribution in [3.8, 4) is 0 Å². The van der Waals surface area contributed by atoms with Crippen LogP contribution in [0.5, 0.6) is 0 Å². The molecule has 0 aromatic carbocycles. The van der Waals surface area contributed by atoms with Gasteiger partial charge < -0.3 is 10.5 Å². The molecule has 1 atom stereocenters. The van der Waals surface area contributed by atoms with Crippen molar-refractivity contribution in [2.75, 3.05) is 13.2 Å². The fourth-order valence-corrected chi connectivity index (χ4v) is 2.22. The fourth-order valence-electron chi connectivity index (χ4n) is 2.22. The van der Waals surface area contributed by atoms with Gasteiger partial charge in [-0.15, -0.1) is 0 Å². The molecule has 1 fully saturated rings. The highest BCUT2D eigenvalue weighted by Crippen LogP contribution is 2.20. The molecule has 0 radical (unpaired) electrons. The van der Waals surface area contributed by atoms with Crippen LogP contribution in [0, 0.1) is 5.92 Å². The normalized spacial score (nSPS) is 20.1. The molecule has 4 nitrogen and oxygen atoms in total. The van der Waals surface area contributed by atoms with Crippen LogP contribution in [0.15, 0.2) is 6.20 Å². The maximum Gasteiger partial charge on any atom is 0.128 e. The molecule has 1 saturated heterocycles.